The van der Waals surface area contributed by atoms with Gasteiger partial charge in [-0.3, -0.25) is 0 Å². The molecule has 50 valence electrons. The van der Waals surface area contributed by atoms with Gasteiger partial charge in [0.1, 0.15) is 5.76 Å². The molecule has 2 N–H and O–H groups in total. The van der Waals surface area contributed by atoms with Gasteiger partial charge < -0.3 is 10.5 Å². The van der Waals surface area contributed by atoms with Crippen molar-refractivity contribution in [3.05, 3.63) is 36.8 Å². The zero-order chi connectivity index (χ0) is 7.11. The summed E-state index contributed by atoms with van der Waals surface area (Å²) in [7, 11) is 1.56. The summed E-state index contributed by atoms with van der Waals surface area (Å²) >= 11 is 0. The van der Waals surface area contributed by atoms with Crippen molar-refractivity contribution in [2.75, 3.05) is 7.11 Å². The van der Waals surface area contributed by atoms with Crippen LogP contribution in [0, 0.1) is 0 Å². The van der Waals surface area contributed by atoms with Crippen LogP contribution in [0.5, 0.6) is 0 Å². The van der Waals surface area contributed by atoms with E-state index in [0.717, 1.165) is 0 Å². The Kier molecular flexibility index (Phi) is 4.32. The van der Waals surface area contributed by atoms with Crippen LogP contribution in [-0.2, 0) is 4.74 Å². The zero-order valence-electron chi connectivity index (χ0n) is 5.50. The van der Waals surface area contributed by atoms with E-state index in [0.29, 0.717) is 5.76 Å². The summed E-state index contributed by atoms with van der Waals surface area (Å²) in [4.78, 5) is 0. The average Bonchev–Trinajstić information content (AvgIpc) is 1.91. The van der Waals surface area contributed by atoms with Gasteiger partial charge in [0.15, 0.2) is 0 Å². The molecule has 0 rings (SSSR count). The molecule has 0 saturated carbocycles. The lowest BCUT2D eigenvalue weighted by molar-refractivity contribution is 0.306. The SMILES string of the molecule is C=C/C=C\C(=C\N)OC. The third kappa shape index (κ3) is 3.41. The van der Waals surface area contributed by atoms with Crippen molar-refractivity contribution in [1.82, 2.24) is 0 Å². The van der Waals surface area contributed by atoms with Crippen molar-refractivity contribution in [1.29, 1.82) is 0 Å². The van der Waals surface area contributed by atoms with Gasteiger partial charge in [-0.05, 0) is 6.08 Å². The van der Waals surface area contributed by atoms with Gasteiger partial charge in [-0.15, -0.1) is 0 Å². The number of hydrogen-bond acceptors (Lipinski definition) is 2. The van der Waals surface area contributed by atoms with Gasteiger partial charge in [-0.2, -0.15) is 0 Å². The third-order valence-corrected chi connectivity index (χ3v) is 0.797. The molecule has 2 heteroatoms. The third-order valence-electron chi connectivity index (χ3n) is 0.797. The number of hydrogen-bond donors (Lipinski definition) is 1. The van der Waals surface area contributed by atoms with Crippen molar-refractivity contribution in [2.24, 2.45) is 5.73 Å². The van der Waals surface area contributed by atoms with Gasteiger partial charge >= 0.3 is 0 Å². The van der Waals surface area contributed by atoms with Crippen LogP contribution >= 0.6 is 0 Å². The second-order valence-electron chi connectivity index (χ2n) is 1.37. The van der Waals surface area contributed by atoms with E-state index in [1.807, 2.05) is 0 Å². The van der Waals surface area contributed by atoms with Crippen molar-refractivity contribution < 1.29 is 4.74 Å². The first kappa shape index (κ1) is 7.82. The van der Waals surface area contributed by atoms with E-state index in [2.05, 4.69) is 6.58 Å². The Morgan fingerprint density at radius 1 is 1.67 bits per heavy atom. The molecule has 0 amide bonds. The predicted octanol–water partition coefficient (Wildman–Crippen LogP) is 1.18. The van der Waals surface area contributed by atoms with Crippen LogP contribution in [0.2, 0.25) is 0 Å². The van der Waals surface area contributed by atoms with E-state index in [1.165, 1.54) is 6.20 Å². The highest BCUT2D eigenvalue weighted by molar-refractivity contribution is 5.14. The van der Waals surface area contributed by atoms with E-state index in [4.69, 9.17) is 10.5 Å². The number of nitrogens with two attached hydrogens (primary N) is 1. The largest absolute Gasteiger partial charge is 0.495 e. The fraction of sp³-hybridized carbons (Fsp3) is 0.143. The minimum absolute atomic E-state index is 0.634. The molecule has 0 fully saturated rings. The minimum atomic E-state index is 0.634. The fourth-order valence-electron chi connectivity index (χ4n) is 0.355. The molecule has 0 aliphatic carbocycles. The molecule has 0 heterocycles. The first-order valence-corrected chi connectivity index (χ1v) is 2.60. The summed E-state index contributed by atoms with van der Waals surface area (Å²) in [5.74, 6) is 0.634. The van der Waals surface area contributed by atoms with Crippen molar-refractivity contribution in [3.8, 4) is 0 Å². The van der Waals surface area contributed by atoms with E-state index >= 15 is 0 Å². The smallest absolute Gasteiger partial charge is 0.134 e. The molecule has 0 aliphatic heterocycles. The van der Waals surface area contributed by atoms with Crippen LogP contribution in [0.4, 0.5) is 0 Å². The van der Waals surface area contributed by atoms with Gasteiger partial charge in [-0.25, -0.2) is 0 Å². The van der Waals surface area contributed by atoms with Gasteiger partial charge in [0.05, 0.1) is 7.11 Å². The molecule has 9 heavy (non-hydrogen) atoms. The Morgan fingerprint density at radius 2 is 2.33 bits per heavy atom. The van der Waals surface area contributed by atoms with Crippen molar-refractivity contribution >= 4 is 0 Å². The first-order chi connectivity index (χ1) is 4.35. The molecule has 0 atom stereocenters. The molecule has 0 aromatic heterocycles. The standard InChI is InChI=1S/C7H11NO/c1-3-4-5-7(6-8)9-2/h3-6H,1,8H2,2H3/b5-4-,7-6-. The molecule has 0 unspecified atom stereocenters. The van der Waals surface area contributed by atoms with Crippen LogP contribution in [0.3, 0.4) is 0 Å². The number of rotatable bonds is 3. The Labute approximate surface area is 55.3 Å². The number of methoxy groups -OCH3 is 1. The van der Waals surface area contributed by atoms with E-state index in [1.54, 1.807) is 25.3 Å². The van der Waals surface area contributed by atoms with E-state index < -0.39 is 0 Å². The lowest BCUT2D eigenvalue weighted by Gasteiger charge is -1.94. The minimum Gasteiger partial charge on any atom is -0.495 e. The molecule has 0 spiro atoms. The summed E-state index contributed by atoms with van der Waals surface area (Å²) in [5, 5.41) is 0. The maximum absolute atomic E-state index is 5.15. The lowest BCUT2D eigenvalue weighted by Crippen LogP contribution is -1.87. The van der Waals surface area contributed by atoms with E-state index in [9.17, 15) is 0 Å². The maximum atomic E-state index is 5.15. The van der Waals surface area contributed by atoms with Crippen LogP contribution in [0.1, 0.15) is 0 Å². The van der Waals surface area contributed by atoms with Crippen molar-refractivity contribution in [3.63, 3.8) is 0 Å². The molecule has 0 saturated heterocycles. The highest BCUT2D eigenvalue weighted by Crippen LogP contribution is 1.93. The van der Waals surface area contributed by atoms with Gasteiger partial charge in [0, 0.05) is 6.20 Å². The Bertz CT molecular complexity index is 136. The maximum Gasteiger partial charge on any atom is 0.134 e. The Hall–Kier alpha value is -1.18. The first-order valence-electron chi connectivity index (χ1n) is 2.60. The Morgan fingerprint density at radius 3 is 2.67 bits per heavy atom. The van der Waals surface area contributed by atoms with Crippen LogP contribution < -0.4 is 5.73 Å². The molecule has 0 bridgehead atoms. The van der Waals surface area contributed by atoms with Crippen molar-refractivity contribution in [2.45, 2.75) is 0 Å². The summed E-state index contributed by atoms with van der Waals surface area (Å²) < 4.78 is 4.80. The van der Waals surface area contributed by atoms with Crippen LogP contribution in [0.15, 0.2) is 36.8 Å². The second-order valence-corrected chi connectivity index (χ2v) is 1.37. The highest BCUT2D eigenvalue weighted by atomic mass is 16.5. The van der Waals surface area contributed by atoms with Gasteiger partial charge in [0.2, 0.25) is 0 Å². The quantitative estimate of drug-likeness (QED) is 0.454. The zero-order valence-corrected chi connectivity index (χ0v) is 5.50. The van der Waals surface area contributed by atoms with E-state index in [-0.39, 0.29) is 0 Å². The average molecular weight is 125 g/mol. The van der Waals surface area contributed by atoms with Gasteiger partial charge in [-0.1, -0.05) is 18.7 Å². The lowest BCUT2D eigenvalue weighted by atomic mass is 10.4. The summed E-state index contributed by atoms with van der Waals surface area (Å²) in [6.07, 6.45) is 6.53. The number of ether oxygens (including phenoxy) is 1. The Balaban J connectivity index is 3.84. The monoisotopic (exact) mass is 125 g/mol. The molecule has 2 nitrogen and oxygen atoms in total. The van der Waals surface area contributed by atoms with Crippen LogP contribution in [-0.4, -0.2) is 7.11 Å². The summed E-state index contributed by atoms with van der Waals surface area (Å²) in [6, 6.07) is 0. The second kappa shape index (κ2) is 4.97. The predicted molar refractivity (Wildman–Crippen MR) is 38.6 cm³/mol. The highest BCUT2D eigenvalue weighted by Gasteiger charge is 1.81. The molecule has 0 aromatic carbocycles. The summed E-state index contributed by atoms with van der Waals surface area (Å²) in [5.41, 5.74) is 5.15. The molecular weight excluding hydrogens is 114 g/mol. The van der Waals surface area contributed by atoms with Gasteiger partial charge in [0.25, 0.3) is 0 Å². The van der Waals surface area contributed by atoms with Crippen LogP contribution in [0.25, 0.3) is 0 Å². The molecular formula is C7H11NO. The molecule has 0 radical (unpaired) electrons. The molecule has 0 aliphatic rings. The topological polar surface area (TPSA) is 35.2 Å². The fourth-order valence-corrected chi connectivity index (χ4v) is 0.355. The molecule has 0 aromatic rings. The normalized spacial score (nSPS) is 11.9. The summed E-state index contributed by atoms with van der Waals surface area (Å²) in [6.45, 7) is 3.49. The number of allylic oxidation sites excluding steroid dienone is 3.